The Kier molecular flexibility index (Phi) is 6.11. The van der Waals surface area contributed by atoms with Crippen molar-refractivity contribution >= 4 is 0 Å². The van der Waals surface area contributed by atoms with Gasteiger partial charge >= 0.3 is 0 Å². The second-order valence-electron chi connectivity index (χ2n) is 6.20. The lowest BCUT2D eigenvalue weighted by molar-refractivity contribution is 0.716. The van der Waals surface area contributed by atoms with Crippen LogP contribution in [-0.2, 0) is 6.42 Å². The highest BCUT2D eigenvalue weighted by Crippen LogP contribution is 2.23. The molecule has 1 aromatic carbocycles. The summed E-state index contributed by atoms with van der Waals surface area (Å²) in [6.45, 7) is 8.77. The van der Waals surface area contributed by atoms with E-state index in [4.69, 9.17) is 4.98 Å². The lowest BCUT2D eigenvalue weighted by Gasteiger charge is -2.12. The van der Waals surface area contributed by atoms with Crippen LogP contribution >= 0.6 is 0 Å². The average Bonchev–Trinajstić information content (AvgIpc) is 2.55. The minimum Gasteiger partial charge on any atom is -0.236 e. The van der Waals surface area contributed by atoms with E-state index < -0.39 is 0 Å². The summed E-state index contributed by atoms with van der Waals surface area (Å²) in [7, 11) is 0. The van der Waals surface area contributed by atoms with E-state index in [-0.39, 0.29) is 0 Å². The van der Waals surface area contributed by atoms with E-state index in [0.717, 1.165) is 23.5 Å². The van der Waals surface area contributed by atoms with Gasteiger partial charge in [-0.15, -0.1) is 0 Å². The highest BCUT2D eigenvalue weighted by Gasteiger charge is 2.10. The fourth-order valence-corrected chi connectivity index (χ4v) is 2.72. The van der Waals surface area contributed by atoms with E-state index in [0.29, 0.717) is 5.92 Å². The molecular weight excluding hydrogens is 268 g/mol. The summed E-state index contributed by atoms with van der Waals surface area (Å²) < 4.78 is 0. The molecule has 0 radical (unpaired) electrons. The van der Waals surface area contributed by atoms with Crippen molar-refractivity contribution in [1.29, 1.82) is 0 Å². The van der Waals surface area contributed by atoms with Gasteiger partial charge in [-0.3, -0.25) is 0 Å². The number of rotatable bonds is 7. The van der Waals surface area contributed by atoms with Crippen molar-refractivity contribution in [3.63, 3.8) is 0 Å². The summed E-state index contributed by atoms with van der Waals surface area (Å²) in [4.78, 5) is 9.28. The molecule has 2 aromatic rings. The van der Waals surface area contributed by atoms with Gasteiger partial charge < -0.3 is 0 Å². The molecule has 118 valence electrons. The SMILES string of the molecule is CCCCCc1ccc(-c2ncc(C(C)CC)c(C)n2)cc1. The summed E-state index contributed by atoms with van der Waals surface area (Å²) in [5, 5.41) is 0. The van der Waals surface area contributed by atoms with E-state index in [1.807, 2.05) is 6.20 Å². The first-order valence-corrected chi connectivity index (χ1v) is 8.58. The maximum Gasteiger partial charge on any atom is 0.159 e. The fourth-order valence-electron chi connectivity index (χ4n) is 2.72. The standard InChI is InChI=1S/C20H28N2/c1-5-7-8-9-17-10-12-18(13-11-17)20-21-14-19(15(3)6-2)16(4)22-20/h10-15H,5-9H2,1-4H3. The summed E-state index contributed by atoms with van der Waals surface area (Å²) >= 11 is 0. The number of hydrogen-bond donors (Lipinski definition) is 0. The van der Waals surface area contributed by atoms with Crippen molar-refractivity contribution in [3.05, 3.63) is 47.3 Å². The third-order valence-electron chi connectivity index (χ3n) is 4.44. The molecule has 1 aromatic heterocycles. The van der Waals surface area contributed by atoms with Crippen LogP contribution < -0.4 is 0 Å². The van der Waals surface area contributed by atoms with Crippen LogP contribution in [0.3, 0.4) is 0 Å². The molecule has 0 amide bonds. The van der Waals surface area contributed by atoms with Gasteiger partial charge in [0.2, 0.25) is 0 Å². The van der Waals surface area contributed by atoms with E-state index in [2.05, 4.69) is 56.9 Å². The van der Waals surface area contributed by atoms with Gasteiger partial charge in [-0.25, -0.2) is 9.97 Å². The van der Waals surface area contributed by atoms with Gasteiger partial charge in [-0.2, -0.15) is 0 Å². The molecular formula is C20H28N2. The van der Waals surface area contributed by atoms with Crippen LogP contribution in [-0.4, -0.2) is 9.97 Å². The Balaban J connectivity index is 2.13. The minimum atomic E-state index is 0.523. The highest BCUT2D eigenvalue weighted by atomic mass is 14.9. The number of aryl methyl sites for hydroxylation is 2. The molecule has 2 rings (SSSR count). The Labute approximate surface area is 135 Å². The maximum atomic E-state index is 4.71. The van der Waals surface area contributed by atoms with Gasteiger partial charge in [0.15, 0.2) is 5.82 Å². The van der Waals surface area contributed by atoms with Crippen LogP contribution in [0.5, 0.6) is 0 Å². The zero-order valence-corrected chi connectivity index (χ0v) is 14.4. The Morgan fingerprint density at radius 3 is 2.36 bits per heavy atom. The number of nitrogens with zero attached hydrogens (tertiary/aromatic N) is 2. The summed E-state index contributed by atoms with van der Waals surface area (Å²) in [5.41, 5.74) is 4.89. The first kappa shape index (κ1) is 16.7. The Hall–Kier alpha value is -1.70. The molecule has 0 N–H and O–H groups in total. The van der Waals surface area contributed by atoms with E-state index in [9.17, 15) is 0 Å². The lowest BCUT2D eigenvalue weighted by Crippen LogP contribution is -2.01. The average molecular weight is 296 g/mol. The quantitative estimate of drug-likeness (QED) is 0.613. The van der Waals surface area contributed by atoms with Gasteiger partial charge in [0.1, 0.15) is 0 Å². The summed E-state index contributed by atoms with van der Waals surface area (Å²) in [6, 6.07) is 8.73. The number of unbranched alkanes of at least 4 members (excludes halogenated alkanes) is 2. The van der Waals surface area contributed by atoms with E-state index in [1.165, 1.54) is 36.8 Å². The molecule has 0 aliphatic rings. The van der Waals surface area contributed by atoms with Crippen molar-refractivity contribution in [2.24, 2.45) is 0 Å². The molecule has 0 saturated heterocycles. The van der Waals surface area contributed by atoms with Gasteiger partial charge in [-0.1, -0.05) is 57.9 Å². The lowest BCUT2D eigenvalue weighted by atomic mass is 9.99. The molecule has 1 atom stereocenters. The van der Waals surface area contributed by atoms with Crippen molar-refractivity contribution in [1.82, 2.24) is 9.97 Å². The van der Waals surface area contributed by atoms with Crippen molar-refractivity contribution in [3.8, 4) is 11.4 Å². The van der Waals surface area contributed by atoms with Crippen molar-refractivity contribution in [2.45, 2.75) is 65.7 Å². The molecule has 0 aliphatic heterocycles. The van der Waals surface area contributed by atoms with Gasteiger partial charge in [-0.05, 0) is 43.2 Å². The van der Waals surface area contributed by atoms with Gasteiger partial charge in [0.05, 0.1) is 0 Å². The summed E-state index contributed by atoms with van der Waals surface area (Å²) in [5.74, 6) is 1.36. The molecule has 0 saturated carbocycles. The molecule has 0 spiro atoms. The number of hydrogen-bond acceptors (Lipinski definition) is 2. The highest BCUT2D eigenvalue weighted by molar-refractivity contribution is 5.55. The largest absolute Gasteiger partial charge is 0.236 e. The smallest absolute Gasteiger partial charge is 0.159 e. The summed E-state index contributed by atoms with van der Waals surface area (Å²) in [6.07, 6.45) is 8.14. The first-order chi connectivity index (χ1) is 10.7. The third-order valence-corrected chi connectivity index (χ3v) is 4.44. The van der Waals surface area contributed by atoms with Crippen LogP contribution in [0.1, 0.15) is 69.2 Å². The van der Waals surface area contributed by atoms with Gasteiger partial charge in [0.25, 0.3) is 0 Å². The second kappa shape index (κ2) is 8.07. The molecule has 22 heavy (non-hydrogen) atoms. The van der Waals surface area contributed by atoms with Gasteiger partial charge in [0, 0.05) is 17.5 Å². The van der Waals surface area contributed by atoms with Crippen LogP contribution in [0.25, 0.3) is 11.4 Å². The molecule has 0 aliphatic carbocycles. The van der Waals surface area contributed by atoms with Crippen LogP contribution in [0.2, 0.25) is 0 Å². The zero-order valence-electron chi connectivity index (χ0n) is 14.4. The fraction of sp³-hybridized carbons (Fsp3) is 0.500. The van der Waals surface area contributed by atoms with Crippen LogP contribution in [0, 0.1) is 6.92 Å². The van der Waals surface area contributed by atoms with Crippen LogP contribution in [0.15, 0.2) is 30.5 Å². The second-order valence-corrected chi connectivity index (χ2v) is 6.20. The Morgan fingerprint density at radius 2 is 1.77 bits per heavy atom. The number of aromatic nitrogens is 2. The van der Waals surface area contributed by atoms with E-state index in [1.54, 1.807) is 0 Å². The zero-order chi connectivity index (χ0) is 15.9. The molecule has 1 unspecified atom stereocenters. The predicted molar refractivity (Wildman–Crippen MR) is 94.1 cm³/mol. The van der Waals surface area contributed by atoms with Crippen molar-refractivity contribution < 1.29 is 0 Å². The maximum absolute atomic E-state index is 4.71. The van der Waals surface area contributed by atoms with Crippen LogP contribution in [0.4, 0.5) is 0 Å². The molecule has 0 bridgehead atoms. The molecule has 1 heterocycles. The van der Waals surface area contributed by atoms with E-state index >= 15 is 0 Å². The third kappa shape index (κ3) is 4.16. The predicted octanol–water partition coefficient (Wildman–Crippen LogP) is 5.70. The minimum absolute atomic E-state index is 0.523. The first-order valence-electron chi connectivity index (χ1n) is 8.58. The normalized spacial score (nSPS) is 12.4. The Morgan fingerprint density at radius 1 is 1.05 bits per heavy atom. The topological polar surface area (TPSA) is 25.8 Å². The molecule has 0 fully saturated rings. The number of benzene rings is 1. The monoisotopic (exact) mass is 296 g/mol. The molecule has 2 nitrogen and oxygen atoms in total. The van der Waals surface area contributed by atoms with Crippen molar-refractivity contribution in [2.75, 3.05) is 0 Å². The Bertz CT molecular complexity index is 587. The molecule has 2 heteroatoms.